The summed E-state index contributed by atoms with van der Waals surface area (Å²) in [5.41, 5.74) is 3.35. The normalized spacial score (nSPS) is 11.1. The number of fused-ring (bicyclic) bond motifs is 1. The van der Waals surface area contributed by atoms with Crippen molar-refractivity contribution < 1.29 is 4.42 Å². The van der Waals surface area contributed by atoms with Crippen molar-refractivity contribution in [1.29, 1.82) is 0 Å². The van der Waals surface area contributed by atoms with E-state index >= 15 is 0 Å². The number of pyridine rings is 1. The molecule has 0 spiro atoms. The van der Waals surface area contributed by atoms with Gasteiger partial charge in [-0.15, -0.1) is 11.8 Å². The van der Waals surface area contributed by atoms with E-state index in [0.717, 1.165) is 32.4 Å². The van der Waals surface area contributed by atoms with E-state index in [1.165, 1.54) is 0 Å². The van der Waals surface area contributed by atoms with Gasteiger partial charge in [0.05, 0.1) is 5.56 Å². The largest absolute Gasteiger partial charge is 0.436 e. The average molecular weight is 387 g/mol. The van der Waals surface area contributed by atoms with Crippen molar-refractivity contribution in [3.05, 3.63) is 76.4 Å². The van der Waals surface area contributed by atoms with Crippen LogP contribution in [0.25, 0.3) is 22.6 Å². The molecule has 2 heterocycles. The first kappa shape index (κ1) is 16.5. The first-order valence-corrected chi connectivity index (χ1v) is 9.32. The molecular formula is C19H12Cl2N2OS. The van der Waals surface area contributed by atoms with Crippen molar-refractivity contribution in [2.45, 2.75) is 10.8 Å². The van der Waals surface area contributed by atoms with E-state index in [1.807, 2.05) is 42.5 Å². The molecule has 0 saturated heterocycles. The summed E-state index contributed by atoms with van der Waals surface area (Å²) in [6.45, 7) is 0. The van der Waals surface area contributed by atoms with Crippen LogP contribution >= 0.6 is 35.0 Å². The van der Waals surface area contributed by atoms with Crippen molar-refractivity contribution in [3.63, 3.8) is 0 Å². The highest BCUT2D eigenvalue weighted by Gasteiger charge is 2.14. The van der Waals surface area contributed by atoms with Crippen LogP contribution in [0.3, 0.4) is 0 Å². The SMILES string of the molecule is Clc1ccc2oc(-c3cccnc3SCc3ccccc3Cl)nc2c1. The number of rotatable bonds is 4. The molecule has 3 nitrogen and oxygen atoms in total. The van der Waals surface area contributed by atoms with Crippen molar-refractivity contribution >= 4 is 46.1 Å². The van der Waals surface area contributed by atoms with E-state index in [9.17, 15) is 0 Å². The monoisotopic (exact) mass is 386 g/mol. The smallest absolute Gasteiger partial charge is 0.230 e. The van der Waals surface area contributed by atoms with Gasteiger partial charge < -0.3 is 4.42 Å². The minimum absolute atomic E-state index is 0.534. The number of oxazole rings is 1. The molecule has 0 radical (unpaired) electrons. The lowest BCUT2D eigenvalue weighted by Gasteiger charge is -2.06. The Hall–Kier alpha value is -2.01. The minimum Gasteiger partial charge on any atom is -0.436 e. The van der Waals surface area contributed by atoms with Crippen LogP contribution in [0.1, 0.15) is 5.56 Å². The Bertz CT molecular complexity index is 1050. The molecule has 0 aliphatic heterocycles. The van der Waals surface area contributed by atoms with Crippen LogP contribution < -0.4 is 0 Å². The molecule has 4 rings (SSSR count). The summed E-state index contributed by atoms with van der Waals surface area (Å²) in [4.78, 5) is 9.03. The molecule has 2 aromatic heterocycles. The molecule has 0 unspecified atom stereocenters. The molecular weight excluding hydrogens is 375 g/mol. The lowest BCUT2D eigenvalue weighted by Crippen LogP contribution is -1.88. The fourth-order valence-corrected chi connectivity index (χ4v) is 3.88. The van der Waals surface area contributed by atoms with Gasteiger partial charge in [0.25, 0.3) is 0 Å². The van der Waals surface area contributed by atoms with Crippen molar-refractivity contribution in [3.8, 4) is 11.5 Å². The Morgan fingerprint density at radius 3 is 2.76 bits per heavy atom. The third-order valence-corrected chi connectivity index (χ3v) is 5.33. The molecule has 0 aliphatic rings. The molecule has 0 bridgehead atoms. The highest BCUT2D eigenvalue weighted by molar-refractivity contribution is 7.98. The van der Waals surface area contributed by atoms with Crippen LogP contribution in [0.15, 0.2) is 70.2 Å². The van der Waals surface area contributed by atoms with E-state index < -0.39 is 0 Å². The second-order valence-corrected chi connectivity index (χ2v) is 7.17. The van der Waals surface area contributed by atoms with Gasteiger partial charge in [-0.2, -0.15) is 0 Å². The predicted octanol–water partition coefficient (Wildman–Crippen LogP) is 6.49. The Kier molecular flexibility index (Phi) is 4.66. The maximum absolute atomic E-state index is 6.24. The molecule has 0 N–H and O–H groups in total. The molecule has 0 amide bonds. The number of nitrogens with zero attached hydrogens (tertiary/aromatic N) is 2. The van der Waals surface area contributed by atoms with Crippen LogP contribution in [0.2, 0.25) is 10.0 Å². The van der Waals surface area contributed by atoms with Crippen molar-refractivity contribution in [1.82, 2.24) is 9.97 Å². The minimum atomic E-state index is 0.534. The number of hydrogen-bond acceptors (Lipinski definition) is 4. The van der Waals surface area contributed by atoms with Gasteiger partial charge in [-0.3, -0.25) is 0 Å². The maximum Gasteiger partial charge on any atom is 0.230 e. The maximum atomic E-state index is 6.24. The molecule has 4 aromatic rings. The predicted molar refractivity (Wildman–Crippen MR) is 103 cm³/mol. The van der Waals surface area contributed by atoms with Gasteiger partial charge in [0.2, 0.25) is 5.89 Å². The third-order valence-electron chi connectivity index (χ3n) is 3.67. The van der Waals surface area contributed by atoms with Gasteiger partial charge in [0, 0.05) is 22.0 Å². The summed E-state index contributed by atoms with van der Waals surface area (Å²) in [5, 5.41) is 2.23. The lowest BCUT2D eigenvalue weighted by atomic mass is 10.2. The van der Waals surface area contributed by atoms with Gasteiger partial charge in [-0.25, -0.2) is 9.97 Å². The third kappa shape index (κ3) is 3.52. The Morgan fingerprint density at radius 1 is 1.00 bits per heavy atom. The van der Waals surface area contributed by atoms with Crippen LogP contribution in [-0.2, 0) is 5.75 Å². The first-order chi connectivity index (χ1) is 12.2. The van der Waals surface area contributed by atoms with Crippen LogP contribution in [0.4, 0.5) is 0 Å². The molecule has 124 valence electrons. The standard InChI is InChI=1S/C19H12Cl2N2OS/c20-13-7-8-17-16(10-13)23-18(24-17)14-5-3-9-22-19(14)25-11-12-4-1-2-6-15(12)21/h1-10H,11H2. The second-order valence-electron chi connectivity index (χ2n) is 5.37. The van der Waals surface area contributed by atoms with Gasteiger partial charge in [0.1, 0.15) is 10.5 Å². The van der Waals surface area contributed by atoms with E-state index in [1.54, 1.807) is 30.1 Å². The second kappa shape index (κ2) is 7.08. The van der Waals surface area contributed by atoms with Gasteiger partial charge >= 0.3 is 0 Å². The molecule has 0 atom stereocenters. The highest BCUT2D eigenvalue weighted by atomic mass is 35.5. The first-order valence-electron chi connectivity index (χ1n) is 7.58. The molecule has 0 saturated carbocycles. The molecule has 25 heavy (non-hydrogen) atoms. The van der Waals surface area contributed by atoms with Crippen LogP contribution in [0.5, 0.6) is 0 Å². The van der Waals surface area contributed by atoms with E-state index in [4.69, 9.17) is 27.6 Å². The molecule has 2 aromatic carbocycles. The number of halogens is 2. The molecule has 6 heteroatoms. The van der Waals surface area contributed by atoms with Gasteiger partial charge in [-0.05, 0) is 42.0 Å². The summed E-state index contributed by atoms with van der Waals surface area (Å²) in [6, 6.07) is 17.0. The zero-order chi connectivity index (χ0) is 17.2. The molecule has 0 aliphatic carbocycles. The summed E-state index contributed by atoms with van der Waals surface area (Å²) in [7, 11) is 0. The van der Waals surface area contributed by atoms with Gasteiger partial charge in [-0.1, -0.05) is 41.4 Å². The average Bonchev–Trinajstić information content (AvgIpc) is 3.04. The van der Waals surface area contributed by atoms with Crippen LogP contribution in [0, 0.1) is 0 Å². The lowest BCUT2D eigenvalue weighted by molar-refractivity contribution is 0.617. The van der Waals surface area contributed by atoms with E-state index in [0.29, 0.717) is 16.5 Å². The Morgan fingerprint density at radius 2 is 1.88 bits per heavy atom. The number of benzene rings is 2. The topological polar surface area (TPSA) is 38.9 Å². The van der Waals surface area contributed by atoms with Crippen LogP contribution in [-0.4, -0.2) is 9.97 Å². The summed E-state index contributed by atoms with van der Waals surface area (Å²) in [6.07, 6.45) is 1.76. The highest BCUT2D eigenvalue weighted by Crippen LogP contribution is 2.34. The zero-order valence-corrected chi connectivity index (χ0v) is 15.3. The number of thioether (sulfide) groups is 1. The van der Waals surface area contributed by atoms with Crippen molar-refractivity contribution in [2.24, 2.45) is 0 Å². The van der Waals surface area contributed by atoms with Gasteiger partial charge in [0.15, 0.2) is 5.58 Å². The fourth-order valence-electron chi connectivity index (χ4n) is 2.45. The summed E-state index contributed by atoms with van der Waals surface area (Å²) in [5.74, 6) is 1.25. The van der Waals surface area contributed by atoms with E-state index in [2.05, 4.69) is 9.97 Å². The number of aromatic nitrogens is 2. The van der Waals surface area contributed by atoms with E-state index in [-0.39, 0.29) is 0 Å². The van der Waals surface area contributed by atoms with Crippen molar-refractivity contribution in [2.75, 3.05) is 0 Å². The summed E-state index contributed by atoms with van der Waals surface area (Å²) < 4.78 is 5.88. The number of hydrogen-bond donors (Lipinski definition) is 0. The quantitative estimate of drug-likeness (QED) is 0.375. The molecule has 0 fully saturated rings. The fraction of sp³-hybridized carbons (Fsp3) is 0.0526. The summed E-state index contributed by atoms with van der Waals surface area (Å²) >= 11 is 13.9. The zero-order valence-electron chi connectivity index (χ0n) is 12.9. The Labute approximate surface area is 159 Å². The Balaban J connectivity index is 1.67.